The van der Waals surface area contributed by atoms with Crippen LogP contribution in [0.15, 0.2) is 47.8 Å². The third-order valence-electron chi connectivity index (χ3n) is 3.83. The molecule has 0 saturated carbocycles. The van der Waals surface area contributed by atoms with Gasteiger partial charge in [0.15, 0.2) is 6.61 Å². The Morgan fingerprint density at radius 1 is 1.04 bits per heavy atom. The van der Waals surface area contributed by atoms with E-state index < -0.39 is 12.0 Å². The first-order valence-electron chi connectivity index (χ1n) is 8.74. The molecule has 1 atom stereocenters. The fourth-order valence-corrected chi connectivity index (χ4v) is 3.02. The van der Waals surface area contributed by atoms with Crippen molar-refractivity contribution in [3.63, 3.8) is 0 Å². The second kappa shape index (κ2) is 10.5. The first-order chi connectivity index (χ1) is 13.0. The number of amides is 2. The smallest absolute Gasteiger partial charge is 0.329 e. The van der Waals surface area contributed by atoms with Crippen molar-refractivity contribution in [1.82, 2.24) is 10.6 Å². The van der Waals surface area contributed by atoms with Crippen molar-refractivity contribution in [1.29, 1.82) is 0 Å². The average molecular weight is 388 g/mol. The maximum absolute atomic E-state index is 12.3. The van der Waals surface area contributed by atoms with Gasteiger partial charge in [-0.3, -0.25) is 9.59 Å². The van der Waals surface area contributed by atoms with Crippen molar-refractivity contribution in [3.8, 4) is 0 Å². The van der Waals surface area contributed by atoms with E-state index in [1.807, 2.05) is 61.7 Å². The highest BCUT2D eigenvalue weighted by Crippen LogP contribution is 2.08. The molecule has 27 heavy (non-hydrogen) atoms. The normalized spacial score (nSPS) is 11.7. The molecule has 2 rings (SSSR count). The molecule has 0 unspecified atom stereocenters. The lowest BCUT2D eigenvalue weighted by Gasteiger charge is -2.20. The molecule has 1 aromatic heterocycles. The second-order valence-corrected chi connectivity index (χ2v) is 7.45. The summed E-state index contributed by atoms with van der Waals surface area (Å²) in [4.78, 5) is 37.3. The fraction of sp³-hybridized carbons (Fsp3) is 0.350. The van der Waals surface area contributed by atoms with E-state index in [9.17, 15) is 14.4 Å². The van der Waals surface area contributed by atoms with Crippen LogP contribution >= 0.6 is 11.3 Å². The van der Waals surface area contributed by atoms with Gasteiger partial charge in [-0.15, -0.1) is 11.3 Å². The zero-order valence-corrected chi connectivity index (χ0v) is 16.3. The van der Waals surface area contributed by atoms with Crippen LogP contribution < -0.4 is 10.6 Å². The Labute approximate surface area is 162 Å². The minimum absolute atomic E-state index is 0.161. The lowest BCUT2D eigenvalue weighted by atomic mass is 10.0. The van der Waals surface area contributed by atoms with Crippen LogP contribution in [0, 0.1) is 5.92 Å². The summed E-state index contributed by atoms with van der Waals surface area (Å²) in [6.45, 7) is 3.65. The van der Waals surface area contributed by atoms with E-state index in [2.05, 4.69) is 10.6 Å². The van der Waals surface area contributed by atoms with Gasteiger partial charge in [-0.05, 0) is 22.9 Å². The maximum Gasteiger partial charge on any atom is 0.329 e. The Hall–Kier alpha value is -2.67. The zero-order valence-electron chi connectivity index (χ0n) is 15.4. The van der Waals surface area contributed by atoms with Crippen LogP contribution in [0.1, 0.15) is 24.3 Å². The molecule has 1 heterocycles. The van der Waals surface area contributed by atoms with E-state index >= 15 is 0 Å². The van der Waals surface area contributed by atoms with E-state index in [-0.39, 0.29) is 30.8 Å². The molecule has 7 heteroatoms. The van der Waals surface area contributed by atoms with E-state index in [4.69, 9.17) is 4.74 Å². The van der Waals surface area contributed by atoms with E-state index in [0.717, 1.165) is 10.4 Å². The quantitative estimate of drug-likeness (QED) is 0.646. The average Bonchev–Trinajstić information content (AvgIpc) is 3.16. The minimum Gasteiger partial charge on any atom is -0.454 e. The monoisotopic (exact) mass is 388 g/mol. The molecule has 0 fully saturated rings. The summed E-state index contributed by atoms with van der Waals surface area (Å²) in [5.41, 5.74) is 0.860. The standard InChI is InChI=1S/C20H24N2O4S/c1-14(2)19(22-17(23)11-15-7-4-3-5-8-15)20(25)26-13-18(24)21-12-16-9-6-10-27-16/h3-10,14,19H,11-13H2,1-2H3,(H,21,24)(H,22,23)/t19-/m0/s1. The summed E-state index contributed by atoms with van der Waals surface area (Å²) in [6, 6.07) is 12.3. The zero-order chi connectivity index (χ0) is 19.6. The van der Waals surface area contributed by atoms with Gasteiger partial charge < -0.3 is 15.4 Å². The molecule has 2 aromatic rings. The topological polar surface area (TPSA) is 84.5 Å². The molecule has 0 aliphatic carbocycles. The highest BCUT2D eigenvalue weighted by Gasteiger charge is 2.26. The third kappa shape index (κ3) is 7.22. The van der Waals surface area contributed by atoms with Crippen molar-refractivity contribution in [2.45, 2.75) is 32.9 Å². The predicted octanol–water partition coefficient (Wildman–Crippen LogP) is 2.29. The summed E-state index contributed by atoms with van der Waals surface area (Å²) in [6.07, 6.45) is 0.179. The number of esters is 1. The van der Waals surface area contributed by atoms with Crippen molar-refractivity contribution in [2.75, 3.05) is 6.61 Å². The molecular weight excluding hydrogens is 364 g/mol. The molecular formula is C20H24N2O4S. The number of nitrogens with one attached hydrogen (secondary N) is 2. The van der Waals surface area contributed by atoms with Crippen molar-refractivity contribution < 1.29 is 19.1 Å². The second-order valence-electron chi connectivity index (χ2n) is 6.42. The van der Waals surface area contributed by atoms with Crippen LogP contribution in [-0.2, 0) is 32.1 Å². The van der Waals surface area contributed by atoms with Gasteiger partial charge in [0.2, 0.25) is 5.91 Å². The number of thiophene rings is 1. The van der Waals surface area contributed by atoms with Gasteiger partial charge in [-0.2, -0.15) is 0 Å². The maximum atomic E-state index is 12.3. The van der Waals surface area contributed by atoms with Gasteiger partial charge >= 0.3 is 5.97 Å². The Morgan fingerprint density at radius 3 is 2.41 bits per heavy atom. The lowest BCUT2D eigenvalue weighted by Crippen LogP contribution is -2.46. The highest BCUT2D eigenvalue weighted by molar-refractivity contribution is 7.09. The summed E-state index contributed by atoms with van der Waals surface area (Å²) < 4.78 is 5.09. The van der Waals surface area contributed by atoms with Crippen LogP contribution in [0.2, 0.25) is 0 Å². The van der Waals surface area contributed by atoms with Crippen LogP contribution in [-0.4, -0.2) is 30.4 Å². The molecule has 0 aliphatic heterocycles. The van der Waals surface area contributed by atoms with Crippen LogP contribution in [0.25, 0.3) is 0 Å². The highest BCUT2D eigenvalue weighted by atomic mass is 32.1. The van der Waals surface area contributed by atoms with Gasteiger partial charge in [0.25, 0.3) is 5.91 Å². The van der Waals surface area contributed by atoms with Crippen LogP contribution in [0.5, 0.6) is 0 Å². The number of hydrogen-bond acceptors (Lipinski definition) is 5. The fourth-order valence-electron chi connectivity index (χ4n) is 2.38. The molecule has 1 aromatic carbocycles. The lowest BCUT2D eigenvalue weighted by molar-refractivity contribution is -0.152. The van der Waals surface area contributed by atoms with Crippen molar-refractivity contribution >= 4 is 29.1 Å². The van der Waals surface area contributed by atoms with Crippen LogP contribution in [0.4, 0.5) is 0 Å². The summed E-state index contributed by atoms with van der Waals surface area (Å²) in [5.74, 6) is -1.42. The molecule has 2 amide bonds. The van der Waals surface area contributed by atoms with Gasteiger partial charge in [-0.1, -0.05) is 50.2 Å². The number of carbonyl (C=O) groups is 3. The van der Waals surface area contributed by atoms with Gasteiger partial charge in [-0.25, -0.2) is 4.79 Å². The molecule has 0 radical (unpaired) electrons. The number of benzene rings is 1. The van der Waals surface area contributed by atoms with Gasteiger partial charge in [0, 0.05) is 4.88 Å². The Bertz CT molecular complexity index is 745. The van der Waals surface area contributed by atoms with E-state index in [0.29, 0.717) is 6.54 Å². The Morgan fingerprint density at radius 2 is 1.78 bits per heavy atom. The molecule has 0 saturated heterocycles. The molecule has 6 nitrogen and oxygen atoms in total. The minimum atomic E-state index is -0.800. The number of carbonyl (C=O) groups excluding carboxylic acids is 3. The van der Waals surface area contributed by atoms with Crippen LogP contribution in [0.3, 0.4) is 0 Å². The molecule has 0 spiro atoms. The van der Waals surface area contributed by atoms with Gasteiger partial charge in [0.1, 0.15) is 6.04 Å². The number of rotatable bonds is 9. The number of ether oxygens (including phenoxy) is 1. The van der Waals surface area contributed by atoms with E-state index in [1.165, 1.54) is 11.3 Å². The Kier molecular flexibility index (Phi) is 8.00. The summed E-state index contributed by atoms with van der Waals surface area (Å²) in [5, 5.41) is 7.31. The summed E-state index contributed by atoms with van der Waals surface area (Å²) >= 11 is 1.54. The molecule has 0 aliphatic rings. The Balaban J connectivity index is 1.79. The molecule has 144 valence electrons. The predicted molar refractivity (Wildman–Crippen MR) is 104 cm³/mol. The first-order valence-corrected chi connectivity index (χ1v) is 9.62. The van der Waals surface area contributed by atoms with Gasteiger partial charge in [0.05, 0.1) is 13.0 Å². The number of hydrogen-bond donors (Lipinski definition) is 2. The largest absolute Gasteiger partial charge is 0.454 e. The van der Waals surface area contributed by atoms with Crippen molar-refractivity contribution in [2.24, 2.45) is 5.92 Å². The SMILES string of the molecule is CC(C)[C@H](NC(=O)Cc1ccccc1)C(=O)OCC(=O)NCc1cccs1. The molecule has 2 N–H and O–H groups in total. The summed E-state index contributed by atoms with van der Waals surface area (Å²) in [7, 11) is 0. The van der Waals surface area contributed by atoms with E-state index in [1.54, 1.807) is 0 Å². The third-order valence-corrected chi connectivity index (χ3v) is 4.71. The first kappa shape index (κ1) is 20.6. The molecule has 0 bridgehead atoms. The van der Waals surface area contributed by atoms with Crippen molar-refractivity contribution in [3.05, 3.63) is 58.3 Å².